The first-order valence-electron chi connectivity index (χ1n) is 9.33. The van der Waals surface area contributed by atoms with E-state index in [-0.39, 0.29) is 11.9 Å². The number of benzene rings is 1. The number of carbonyl (C=O) groups is 1. The second-order valence-corrected chi connectivity index (χ2v) is 7.17. The monoisotopic (exact) mass is 375 g/mol. The molecule has 3 aromatic rings. The summed E-state index contributed by atoms with van der Waals surface area (Å²) in [5, 5.41) is 13.1. The van der Waals surface area contributed by atoms with E-state index in [0.29, 0.717) is 11.1 Å². The van der Waals surface area contributed by atoms with Gasteiger partial charge in [0.15, 0.2) is 0 Å². The predicted octanol–water partition coefficient (Wildman–Crippen LogP) is 4.30. The lowest BCUT2D eigenvalue weighted by molar-refractivity contribution is 0.0939. The molecule has 0 aliphatic carbocycles. The van der Waals surface area contributed by atoms with Crippen molar-refractivity contribution in [2.75, 3.05) is 0 Å². The molecular formula is C23H25N3O2. The minimum Gasteiger partial charge on any atom is -0.389 e. The van der Waals surface area contributed by atoms with E-state index < -0.39 is 6.10 Å². The highest BCUT2D eigenvalue weighted by molar-refractivity contribution is 5.96. The number of aliphatic hydroxyl groups excluding tert-OH is 1. The van der Waals surface area contributed by atoms with E-state index in [1.807, 2.05) is 51.1 Å². The van der Waals surface area contributed by atoms with Crippen molar-refractivity contribution in [2.24, 2.45) is 0 Å². The summed E-state index contributed by atoms with van der Waals surface area (Å²) >= 11 is 0. The van der Waals surface area contributed by atoms with Gasteiger partial charge in [-0.25, -0.2) is 0 Å². The summed E-state index contributed by atoms with van der Waals surface area (Å²) < 4.78 is 0. The van der Waals surface area contributed by atoms with Gasteiger partial charge in [-0.3, -0.25) is 14.8 Å². The highest BCUT2D eigenvalue weighted by Gasteiger charge is 2.15. The number of hydrogen-bond acceptors (Lipinski definition) is 4. The number of aliphatic hydroxyl groups is 1. The molecule has 28 heavy (non-hydrogen) atoms. The van der Waals surface area contributed by atoms with Gasteiger partial charge in [0.2, 0.25) is 0 Å². The molecule has 5 nitrogen and oxygen atoms in total. The average molecular weight is 375 g/mol. The van der Waals surface area contributed by atoms with Crippen LogP contribution in [0, 0.1) is 13.8 Å². The Morgan fingerprint density at radius 3 is 2.36 bits per heavy atom. The maximum atomic E-state index is 12.9. The lowest BCUT2D eigenvalue weighted by Gasteiger charge is -2.16. The molecule has 0 saturated carbocycles. The molecule has 1 aromatic carbocycles. The molecule has 1 unspecified atom stereocenters. The normalized spacial score (nSPS) is 13.0. The Balaban J connectivity index is 1.90. The molecule has 0 aliphatic rings. The van der Waals surface area contributed by atoms with Crippen molar-refractivity contribution in [1.82, 2.24) is 15.3 Å². The Morgan fingerprint density at radius 1 is 0.964 bits per heavy atom. The number of nitrogens with zero attached hydrogens (tertiary/aromatic N) is 2. The smallest absolute Gasteiger partial charge is 0.251 e. The predicted molar refractivity (Wildman–Crippen MR) is 110 cm³/mol. The van der Waals surface area contributed by atoms with Crippen LogP contribution in [0.25, 0.3) is 11.3 Å². The third kappa shape index (κ3) is 4.61. The topological polar surface area (TPSA) is 75.1 Å². The molecule has 0 radical (unpaired) electrons. The summed E-state index contributed by atoms with van der Waals surface area (Å²) in [4.78, 5) is 21.6. The van der Waals surface area contributed by atoms with Crippen LogP contribution in [0.3, 0.4) is 0 Å². The summed E-state index contributed by atoms with van der Waals surface area (Å²) in [6.45, 7) is 7.51. The van der Waals surface area contributed by atoms with E-state index in [4.69, 9.17) is 0 Å². The number of pyridine rings is 2. The van der Waals surface area contributed by atoms with Gasteiger partial charge in [0.25, 0.3) is 5.91 Å². The number of rotatable bonds is 5. The van der Waals surface area contributed by atoms with Crippen molar-refractivity contribution in [3.8, 4) is 11.3 Å². The zero-order valence-corrected chi connectivity index (χ0v) is 16.6. The Kier molecular flexibility index (Phi) is 5.85. The van der Waals surface area contributed by atoms with Gasteiger partial charge in [-0.05, 0) is 74.7 Å². The molecule has 2 heterocycles. The first-order valence-corrected chi connectivity index (χ1v) is 9.33. The van der Waals surface area contributed by atoms with Crippen LogP contribution in [0.1, 0.15) is 58.7 Å². The second-order valence-electron chi connectivity index (χ2n) is 7.17. The fourth-order valence-electron chi connectivity index (χ4n) is 2.91. The van der Waals surface area contributed by atoms with Crippen LogP contribution in [-0.2, 0) is 0 Å². The number of nitrogens with one attached hydrogen (secondary N) is 1. The quantitative estimate of drug-likeness (QED) is 0.697. The van der Waals surface area contributed by atoms with Gasteiger partial charge in [-0.1, -0.05) is 12.1 Å². The van der Waals surface area contributed by atoms with Gasteiger partial charge < -0.3 is 10.4 Å². The molecule has 2 aromatic heterocycles. The first-order chi connectivity index (χ1) is 13.3. The van der Waals surface area contributed by atoms with Gasteiger partial charge in [0, 0.05) is 29.2 Å². The Bertz CT molecular complexity index is 964. The summed E-state index contributed by atoms with van der Waals surface area (Å²) in [5.41, 5.74) is 5.66. The zero-order chi connectivity index (χ0) is 20.3. The van der Waals surface area contributed by atoms with Crippen molar-refractivity contribution in [3.05, 3.63) is 82.8 Å². The summed E-state index contributed by atoms with van der Waals surface area (Å²) in [5.74, 6) is -0.205. The molecular weight excluding hydrogens is 350 g/mol. The number of carbonyl (C=O) groups excluding carboxylic acids is 1. The van der Waals surface area contributed by atoms with Crippen molar-refractivity contribution in [1.29, 1.82) is 0 Å². The van der Waals surface area contributed by atoms with Crippen LogP contribution in [-0.4, -0.2) is 21.0 Å². The minimum absolute atomic E-state index is 0.184. The van der Waals surface area contributed by atoms with E-state index in [1.54, 1.807) is 31.5 Å². The van der Waals surface area contributed by atoms with E-state index in [1.165, 1.54) is 0 Å². The van der Waals surface area contributed by atoms with Gasteiger partial charge in [-0.2, -0.15) is 0 Å². The van der Waals surface area contributed by atoms with Gasteiger partial charge >= 0.3 is 0 Å². The largest absolute Gasteiger partial charge is 0.389 e. The number of amides is 1. The Hall–Kier alpha value is -3.05. The molecule has 3 rings (SSSR count). The fourth-order valence-corrected chi connectivity index (χ4v) is 2.91. The van der Waals surface area contributed by atoms with Gasteiger partial charge in [0.05, 0.1) is 17.8 Å². The number of hydrogen-bond donors (Lipinski definition) is 2. The lowest BCUT2D eigenvalue weighted by Crippen LogP contribution is -2.27. The maximum absolute atomic E-state index is 12.9. The maximum Gasteiger partial charge on any atom is 0.251 e. The van der Waals surface area contributed by atoms with Crippen molar-refractivity contribution in [3.63, 3.8) is 0 Å². The molecule has 0 spiro atoms. The molecule has 0 fully saturated rings. The molecule has 0 saturated heterocycles. The third-order valence-corrected chi connectivity index (χ3v) is 4.69. The fraction of sp³-hybridized carbons (Fsp3) is 0.261. The van der Waals surface area contributed by atoms with Crippen LogP contribution in [0.5, 0.6) is 0 Å². The number of aryl methyl sites for hydroxylation is 2. The van der Waals surface area contributed by atoms with E-state index >= 15 is 0 Å². The lowest BCUT2D eigenvalue weighted by atomic mass is 9.99. The molecule has 2 N–H and O–H groups in total. The van der Waals surface area contributed by atoms with Crippen LogP contribution in [0.4, 0.5) is 0 Å². The molecule has 144 valence electrons. The van der Waals surface area contributed by atoms with Gasteiger partial charge in [-0.15, -0.1) is 0 Å². The molecule has 5 heteroatoms. The molecule has 0 aliphatic heterocycles. The first kappa shape index (κ1) is 19.7. The van der Waals surface area contributed by atoms with Crippen molar-refractivity contribution < 1.29 is 9.90 Å². The minimum atomic E-state index is -0.685. The third-order valence-electron chi connectivity index (χ3n) is 4.69. The molecule has 1 amide bonds. The van der Waals surface area contributed by atoms with Crippen LogP contribution >= 0.6 is 0 Å². The Morgan fingerprint density at radius 2 is 1.75 bits per heavy atom. The van der Waals surface area contributed by atoms with Crippen molar-refractivity contribution in [2.45, 2.75) is 39.8 Å². The zero-order valence-electron chi connectivity index (χ0n) is 16.6. The van der Waals surface area contributed by atoms with Crippen molar-refractivity contribution >= 4 is 5.91 Å². The van der Waals surface area contributed by atoms with Crippen LogP contribution < -0.4 is 5.32 Å². The summed E-state index contributed by atoms with van der Waals surface area (Å²) in [7, 11) is 0. The standard InChI is InChI=1S/C23H25N3O2/c1-14-5-8-22(25-12-14)20-9-19(17(4)27)10-21(11-20)23(28)26-16(3)18-7-6-15(2)24-13-18/h5-13,16-17,27H,1-4H3,(H,26,28)/t16-,17?/m1/s1. The van der Waals surface area contributed by atoms with Crippen LogP contribution in [0.2, 0.25) is 0 Å². The molecule has 0 bridgehead atoms. The number of aromatic nitrogens is 2. The van der Waals surface area contributed by atoms with E-state index in [2.05, 4.69) is 15.3 Å². The Labute approximate surface area is 165 Å². The summed E-state index contributed by atoms with van der Waals surface area (Å²) in [6.07, 6.45) is 2.88. The van der Waals surface area contributed by atoms with E-state index in [9.17, 15) is 9.90 Å². The van der Waals surface area contributed by atoms with Crippen LogP contribution in [0.15, 0.2) is 54.9 Å². The van der Waals surface area contributed by atoms with E-state index in [0.717, 1.165) is 28.1 Å². The SMILES string of the molecule is Cc1ccc(-c2cc(C(=O)N[C@H](C)c3ccc(C)nc3)cc(C(C)O)c2)nc1. The average Bonchev–Trinajstić information content (AvgIpc) is 2.68. The highest BCUT2D eigenvalue weighted by atomic mass is 16.3. The second kappa shape index (κ2) is 8.31. The summed E-state index contributed by atoms with van der Waals surface area (Å²) in [6, 6.07) is 13.0. The van der Waals surface area contributed by atoms with Gasteiger partial charge in [0.1, 0.15) is 0 Å². The molecule has 2 atom stereocenters. The highest BCUT2D eigenvalue weighted by Crippen LogP contribution is 2.25.